The molecule has 2 rings (SSSR count). The van der Waals surface area contributed by atoms with Gasteiger partial charge in [0.1, 0.15) is 0 Å². The van der Waals surface area contributed by atoms with E-state index in [1.807, 2.05) is 42.7 Å². The van der Waals surface area contributed by atoms with Crippen molar-refractivity contribution < 1.29 is 5.11 Å². The largest absolute Gasteiger partial charge is 0.392 e. The van der Waals surface area contributed by atoms with Crippen molar-refractivity contribution in [2.24, 2.45) is 0 Å². The lowest BCUT2D eigenvalue weighted by atomic mass is 10.1. The van der Waals surface area contributed by atoms with Crippen molar-refractivity contribution in [3.05, 3.63) is 48.3 Å². The zero-order chi connectivity index (χ0) is 9.10. The minimum Gasteiger partial charge on any atom is -0.392 e. The molecule has 1 heterocycles. The molecule has 0 bridgehead atoms. The molecule has 66 valence electrons. The lowest BCUT2D eigenvalue weighted by Crippen LogP contribution is -1.82. The average Bonchev–Trinajstić information content (AvgIpc) is 2.71. The minimum atomic E-state index is 0.0955. The second-order valence-electron chi connectivity index (χ2n) is 2.96. The second-order valence-corrected chi connectivity index (χ2v) is 2.96. The second kappa shape index (κ2) is 3.46. The molecular weight excluding hydrogens is 162 g/mol. The first-order chi connectivity index (χ1) is 6.40. The summed E-state index contributed by atoms with van der Waals surface area (Å²) in [6.07, 6.45) is 3.83. The molecule has 0 aliphatic heterocycles. The number of H-pyrrole nitrogens is 1. The standard InChI is InChI=1S/C11H11NO/c13-8-9-2-1-3-10(6-9)11-4-5-12-7-11/h1-7,12-13H,8H2. The summed E-state index contributed by atoms with van der Waals surface area (Å²) in [5.41, 5.74) is 3.22. The summed E-state index contributed by atoms with van der Waals surface area (Å²) in [6.45, 7) is 0.0955. The maximum atomic E-state index is 8.95. The average molecular weight is 173 g/mol. The summed E-state index contributed by atoms with van der Waals surface area (Å²) in [5.74, 6) is 0. The van der Waals surface area contributed by atoms with Gasteiger partial charge in [0.15, 0.2) is 0 Å². The number of hydrogen-bond donors (Lipinski definition) is 2. The van der Waals surface area contributed by atoms with Gasteiger partial charge in [-0.1, -0.05) is 18.2 Å². The first kappa shape index (κ1) is 8.08. The van der Waals surface area contributed by atoms with Crippen molar-refractivity contribution in [2.45, 2.75) is 6.61 Å². The molecule has 0 spiro atoms. The van der Waals surface area contributed by atoms with Crippen LogP contribution >= 0.6 is 0 Å². The Hall–Kier alpha value is -1.54. The number of benzene rings is 1. The van der Waals surface area contributed by atoms with Gasteiger partial charge in [-0.2, -0.15) is 0 Å². The molecule has 2 N–H and O–H groups in total. The van der Waals surface area contributed by atoms with E-state index < -0.39 is 0 Å². The predicted molar refractivity (Wildman–Crippen MR) is 52.2 cm³/mol. The molecule has 1 aromatic heterocycles. The van der Waals surface area contributed by atoms with Gasteiger partial charge >= 0.3 is 0 Å². The molecule has 0 amide bonds. The van der Waals surface area contributed by atoms with Gasteiger partial charge in [-0.25, -0.2) is 0 Å². The third-order valence-corrected chi connectivity index (χ3v) is 2.04. The highest BCUT2D eigenvalue weighted by molar-refractivity contribution is 5.63. The van der Waals surface area contributed by atoms with Crippen LogP contribution in [0.25, 0.3) is 11.1 Å². The summed E-state index contributed by atoms with van der Waals surface area (Å²) >= 11 is 0. The smallest absolute Gasteiger partial charge is 0.0682 e. The molecule has 0 atom stereocenters. The van der Waals surface area contributed by atoms with Crippen LogP contribution in [-0.2, 0) is 6.61 Å². The topological polar surface area (TPSA) is 36.0 Å². The molecule has 0 fully saturated rings. The number of rotatable bonds is 2. The summed E-state index contributed by atoms with van der Waals surface area (Å²) < 4.78 is 0. The summed E-state index contributed by atoms with van der Waals surface area (Å²) in [7, 11) is 0. The molecule has 2 heteroatoms. The van der Waals surface area contributed by atoms with Gasteiger partial charge in [-0.05, 0) is 28.8 Å². The van der Waals surface area contributed by atoms with Crippen LogP contribution in [0.5, 0.6) is 0 Å². The molecule has 13 heavy (non-hydrogen) atoms. The predicted octanol–water partition coefficient (Wildman–Crippen LogP) is 2.17. The number of hydrogen-bond acceptors (Lipinski definition) is 1. The Morgan fingerprint density at radius 3 is 2.77 bits per heavy atom. The molecule has 0 aliphatic carbocycles. The van der Waals surface area contributed by atoms with Crippen molar-refractivity contribution in [3.8, 4) is 11.1 Å². The first-order valence-electron chi connectivity index (χ1n) is 4.23. The monoisotopic (exact) mass is 173 g/mol. The fourth-order valence-corrected chi connectivity index (χ4v) is 1.35. The van der Waals surface area contributed by atoms with Crippen LogP contribution in [0, 0.1) is 0 Å². The third-order valence-electron chi connectivity index (χ3n) is 2.04. The van der Waals surface area contributed by atoms with Crippen LogP contribution in [0.15, 0.2) is 42.7 Å². The SMILES string of the molecule is OCc1cccc(-c2cc[nH]c2)c1. The van der Waals surface area contributed by atoms with Crippen LogP contribution in [0.3, 0.4) is 0 Å². The highest BCUT2D eigenvalue weighted by Crippen LogP contribution is 2.19. The van der Waals surface area contributed by atoms with Gasteiger partial charge in [0.2, 0.25) is 0 Å². The fraction of sp³-hybridized carbons (Fsp3) is 0.0909. The van der Waals surface area contributed by atoms with Gasteiger partial charge in [-0.3, -0.25) is 0 Å². The van der Waals surface area contributed by atoms with Crippen molar-refractivity contribution in [1.82, 2.24) is 4.98 Å². The van der Waals surface area contributed by atoms with Gasteiger partial charge < -0.3 is 10.1 Å². The number of nitrogens with one attached hydrogen (secondary N) is 1. The Morgan fingerprint density at radius 1 is 1.15 bits per heavy atom. The highest BCUT2D eigenvalue weighted by atomic mass is 16.3. The minimum absolute atomic E-state index is 0.0955. The van der Waals surface area contributed by atoms with Gasteiger partial charge in [0.25, 0.3) is 0 Å². The lowest BCUT2D eigenvalue weighted by Gasteiger charge is -2.00. The normalized spacial score (nSPS) is 10.2. The number of aliphatic hydroxyl groups is 1. The Balaban J connectivity index is 2.41. The summed E-state index contributed by atoms with van der Waals surface area (Å²) in [4.78, 5) is 3.00. The van der Waals surface area contributed by atoms with Gasteiger partial charge in [-0.15, -0.1) is 0 Å². The highest BCUT2D eigenvalue weighted by Gasteiger charge is 1.97. The van der Waals surface area contributed by atoms with Crippen molar-refractivity contribution in [1.29, 1.82) is 0 Å². The number of aromatic amines is 1. The van der Waals surface area contributed by atoms with E-state index in [2.05, 4.69) is 4.98 Å². The van der Waals surface area contributed by atoms with Crippen LogP contribution < -0.4 is 0 Å². The molecule has 0 radical (unpaired) electrons. The molecule has 2 aromatic rings. The van der Waals surface area contributed by atoms with E-state index in [0.29, 0.717) is 0 Å². The Kier molecular flexibility index (Phi) is 2.15. The third kappa shape index (κ3) is 1.63. The Morgan fingerprint density at radius 2 is 2.08 bits per heavy atom. The summed E-state index contributed by atoms with van der Waals surface area (Å²) in [6, 6.07) is 9.89. The number of aromatic nitrogens is 1. The van der Waals surface area contributed by atoms with Crippen LogP contribution in [0.1, 0.15) is 5.56 Å². The van der Waals surface area contributed by atoms with Crippen LogP contribution in [0.2, 0.25) is 0 Å². The van der Waals surface area contributed by atoms with E-state index in [9.17, 15) is 0 Å². The maximum Gasteiger partial charge on any atom is 0.0682 e. The Bertz CT molecular complexity index is 379. The van der Waals surface area contributed by atoms with Crippen molar-refractivity contribution in [3.63, 3.8) is 0 Å². The van der Waals surface area contributed by atoms with E-state index in [0.717, 1.165) is 16.7 Å². The molecule has 0 aliphatic rings. The molecule has 1 aromatic carbocycles. The van der Waals surface area contributed by atoms with E-state index in [-0.39, 0.29) is 6.61 Å². The number of aliphatic hydroxyl groups excluding tert-OH is 1. The van der Waals surface area contributed by atoms with Gasteiger partial charge in [0.05, 0.1) is 6.61 Å². The van der Waals surface area contributed by atoms with E-state index in [1.165, 1.54) is 0 Å². The molecular formula is C11H11NO. The fourth-order valence-electron chi connectivity index (χ4n) is 1.35. The molecule has 0 saturated heterocycles. The van der Waals surface area contributed by atoms with Crippen LogP contribution in [0.4, 0.5) is 0 Å². The summed E-state index contributed by atoms with van der Waals surface area (Å²) in [5, 5.41) is 8.95. The van der Waals surface area contributed by atoms with Crippen LogP contribution in [-0.4, -0.2) is 10.1 Å². The molecule has 2 nitrogen and oxygen atoms in total. The van der Waals surface area contributed by atoms with Gasteiger partial charge in [0, 0.05) is 12.4 Å². The lowest BCUT2D eigenvalue weighted by molar-refractivity contribution is 0.282. The Labute approximate surface area is 76.9 Å². The van der Waals surface area contributed by atoms with E-state index in [1.54, 1.807) is 0 Å². The molecule has 0 saturated carbocycles. The maximum absolute atomic E-state index is 8.95. The quantitative estimate of drug-likeness (QED) is 0.717. The zero-order valence-corrected chi connectivity index (χ0v) is 7.20. The van der Waals surface area contributed by atoms with Crippen molar-refractivity contribution in [2.75, 3.05) is 0 Å². The van der Waals surface area contributed by atoms with E-state index >= 15 is 0 Å². The van der Waals surface area contributed by atoms with E-state index in [4.69, 9.17) is 5.11 Å². The zero-order valence-electron chi connectivity index (χ0n) is 7.20. The molecule has 0 unspecified atom stereocenters. The first-order valence-corrected chi connectivity index (χ1v) is 4.23. The van der Waals surface area contributed by atoms with Crippen molar-refractivity contribution >= 4 is 0 Å².